The molecular weight excluding hydrogens is 308 g/mol. The first-order valence-electron chi connectivity index (χ1n) is 6.50. The molecule has 1 aliphatic carbocycles. The van der Waals surface area contributed by atoms with Gasteiger partial charge in [-0.1, -0.05) is 52.5 Å². The average Bonchev–Trinajstić information content (AvgIpc) is 2.42. The van der Waals surface area contributed by atoms with Crippen molar-refractivity contribution >= 4 is 28.2 Å². The SMILES string of the molecule is O=C(NC1CCCCC1)ON=Cc1ccc(Br)cc1. The highest BCUT2D eigenvalue weighted by molar-refractivity contribution is 9.10. The number of halogens is 1. The van der Waals surface area contributed by atoms with Gasteiger partial charge in [0.15, 0.2) is 0 Å². The summed E-state index contributed by atoms with van der Waals surface area (Å²) in [7, 11) is 0. The minimum atomic E-state index is -0.472. The predicted octanol–water partition coefficient (Wildman–Crippen LogP) is 3.84. The predicted molar refractivity (Wildman–Crippen MR) is 78.2 cm³/mol. The van der Waals surface area contributed by atoms with Crippen LogP contribution in [-0.4, -0.2) is 18.3 Å². The Hall–Kier alpha value is -1.36. The van der Waals surface area contributed by atoms with Crippen molar-refractivity contribution in [1.82, 2.24) is 5.32 Å². The van der Waals surface area contributed by atoms with E-state index in [1.165, 1.54) is 25.5 Å². The summed E-state index contributed by atoms with van der Waals surface area (Å²) < 4.78 is 1.00. The van der Waals surface area contributed by atoms with Crippen LogP contribution < -0.4 is 5.32 Å². The lowest BCUT2D eigenvalue weighted by Crippen LogP contribution is -2.35. The highest BCUT2D eigenvalue weighted by atomic mass is 79.9. The maximum absolute atomic E-state index is 11.5. The van der Waals surface area contributed by atoms with Crippen LogP contribution in [-0.2, 0) is 4.84 Å². The van der Waals surface area contributed by atoms with Gasteiger partial charge in [-0.2, -0.15) is 0 Å². The Labute approximate surface area is 121 Å². The Bertz CT molecular complexity index is 439. The van der Waals surface area contributed by atoms with Gasteiger partial charge in [-0.3, -0.25) is 4.84 Å². The molecule has 2 rings (SSSR count). The third-order valence-corrected chi connectivity index (χ3v) is 3.66. The van der Waals surface area contributed by atoms with Crippen LogP contribution in [0.15, 0.2) is 33.9 Å². The lowest BCUT2D eigenvalue weighted by atomic mass is 9.96. The molecule has 1 fully saturated rings. The summed E-state index contributed by atoms with van der Waals surface area (Å²) in [6, 6.07) is 7.82. The van der Waals surface area contributed by atoms with Gasteiger partial charge in [0, 0.05) is 10.5 Å². The van der Waals surface area contributed by atoms with Crippen LogP contribution in [0.5, 0.6) is 0 Å². The fourth-order valence-corrected chi connectivity index (χ4v) is 2.39. The first-order valence-corrected chi connectivity index (χ1v) is 7.30. The van der Waals surface area contributed by atoms with Gasteiger partial charge in [-0.05, 0) is 30.5 Å². The van der Waals surface area contributed by atoms with Gasteiger partial charge in [0.1, 0.15) is 0 Å². The van der Waals surface area contributed by atoms with Crippen molar-refractivity contribution in [1.29, 1.82) is 0 Å². The molecular formula is C14H17BrN2O2. The minimum Gasteiger partial charge on any atom is -0.317 e. The number of oxime groups is 1. The van der Waals surface area contributed by atoms with Crippen LogP contribution in [0.4, 0.5) is 4.79 Å². The summed E-state index contributed by atoms with van der Waals surface area (Å²) in [5.74, 6) is 0. The molecule has 1 amide bonds. The van der Waals surface area contributed by atoms with Gasteiger partial charge in [-0.25, -0.2) is 4.79 Å². The average molecular weight is 325 g/mol. The maximum atomic E-state index is 11.5. The van der Waals surface area contributed by atoms with Gasteiger partial charge in [0.05, 0.1) is 6.21 Å². The fraction of sp³-hybridized carbons (Fsp3) is 0.429. The smallest absolute Gasteiger partial charge is 0.317 e. The lowest BCUT2D eigenvalue weighted by molar-refractivity contribution is 0.144. The standard InChI is InChI=1S/C14H17BrN2O2/c15-12-8-6-11(7-9-12)10-16-19-14(18)17-13-4-2-1-3-5-13/h6-10,13H,1-5H2,(H,17,18). The Balaban J connectivity index is 1.74. The molecule has 1 saturated carbocycles. The van der Waals surface area contributed by atoms with Crippen molar-refractivity contribution in [3.8, 4) is 0 Å². The van der Waals surface area contributed by atoms with Crippen molar-refractivity contribution < 1.29 is 9.63 Å². The second kappa shape index (κ2) is 7.28. The van der Waals surface area contributed by atoms with E-state index in [-0.39, 0.29) is 6.04 Å². The normalized spacial score (nSPS) is 16.5. The van der Waals surface area contributed by atoms with E-state index in [1.807, 2.05) is 24.3 Å². The van der Waals surface area contributed by atoms with Gasteiger partial charge < -0.3 is 5.32 Å². The zero-order valence-corrected chi connectivity index (χ0v) is 12.2. The Morgan fingerprint density at radius 3 is 2.63 bits per heavy atom. The highest BCUT2D eigenvalue weighted by Crippen LogP contribution is 2.17. The van der Waals surface area contributed by atoms with E-state index in [4.69, 9.17) is 4.84 Å². The Morgan fingerprint density at radius 2 is 1.95 bits per heavy atom. The number of benzene rings is 1. The fourth-order valence-electron chi connectivity index (χ4n) is 2.12. The van der Waals surface area contributed by atoms with E-state index < -0.39 is 6.09 Å². The van der Waals surface area contributed by atoms with Crippen molar-refractivity contribution in [3.63, 3.8) is 0 Å². The van der Waals surface area contributed by atoms with Gasteiger partial charge in [0.25, 0.3) is 0 Å². The van der Waals surface area contributed by atoms with E-state index in [9.17, 15) is 4.79 Å². The molecule has 0 aromatic heterocycles. The number of hydrogen-bond acceptors (Lipinski definition) is 3. The number of carbonyl (C=O) groups excluding carboxylic acids is 1. The second-order valence-corrected chi connectivity index (χ2v) is 5.56. The summed E-state index contributed by atoms with van der Waals surface area (Å²) >= 11 is 3.35. The quantitative estimate of drug-likeness (QED) is 0.521. The number of rotatable bonds is 3. The minimum absolute atomic E-state index is 0.240. The molecule has 102 valence electrons. The number of amides is 1. The lowest BCUT2D eigenvalue weighted by Gasteiger charge is -2.21. The highest BCUT2D eigenvalue weighted by Gasteiger charge is 2.16. The molecule has 19 heavy (non-hydrogen) atoms. The molecule has 1 aromatic carbocycles. The van der Waals surface area contributed by atoms with E-state index in [1.54, 1.807) is 0 Å². The largest absolute Gasteiger partial charge is 0.433 e. The molecule has 0 radical (unpaired) electrons. The van der Waals surface area contributed by atoms with Crippen molar-refractivity contribution in [2.75, 3.05) is 0 Å². The molecule has 1 aromatic rings. The first kappa shape index (κ1) is 14.1. The third kappa shape index (κ3) is 5.03. The molecule has 1 N–H and O–H groups in total. The van der Waals surface area contributed by atoms with Crippen molar-refractivity contribution in [2.24, 2.45) is 5.16 Å². The summed E-state index contributed by atoms with van der Waals surface area (Å²) in [4.78, 5) is 16.3. The van der Waals surface area contributed by atoms with Crippen LogP contribution in [0.25, 0.3) is 0 Å². The van der Waals surface area contributed by atoms with Crippen LogP contribution in [0.2, 0.25) is 0 Å². The summed E-state index contributed by atoms with van der Waals surface area (Å²) in [6.07, 6.45) is 6.72. The molecule has 0 heterocycles. The molecule has 0 saturated heterocycles. The van der Waals surface area contributed by atoms with Crippen LogP contribution in [0.1, 0.15) is 37.7 Å². The second-order valence-electron chi connectivity index (χ2n) is 4.64. The van der Waals surface area contributed by atoms with E-state index in [0.29, 0.717) is 0 Å². The van der Waals surface area contributed by atoms with E-state index in [0.717, 1.165) is 22.9 Å². The van der Waals surface area contributed by atoms with Gasteiger partial charge in [-0.15, -0.1) is 0 Å². The molecule has 0 spiro atoms. The maximum Gasteiger partial charge on any atom is 0.433 e. The Kier molecular flexibility index (Phi) is 5.39. The molecule has 1 aliphatic rings. The zero-order valence-electron chi connectivity index (χ0n) is 10.6. The molecule has 0 bridgehead atoms. The van der Waals surface area contributed by atoms with Crippen molar-refractivity contribution in [3.05, 3.63) is 34.3 Å². The number of nitrogens with zero attached hydrogens (tertiary/aromatic N) is 1. The third-order valence-electron chi connectivity index (χ3n) is 3.13. The molecule has 5 heteroatoms. The van der Waals surface area contributed by atoms with E-state index >= 15 is 0 Å². The first-order chi connectivity index (χ1) is 9.24. The Morgan fingerprint density at radius 1 is 1.26 bits per heavy atom. The summed E-state index contributed by atoms with van der Waals surface area (Å²) in [6.45, 7) is 0. The molecule has 4 nitrogen and oxygen atoms in total. The zero-order chi connectivity index (χ0) is 13.5. The number of hydrogen-bond donors (Lipinski definition) is 1. The van der Waals surface area contributed by atoms with Gasteiger partial charge >= 0.3 is 6.09 Å². The van der Waals surface area contributed by atoms with Gasteiger partial charge in [0.2, 0.25) is 0 Å². The monoisotopic (exact) mass is 324 g/mol. The van der Waals surface area contributed by atoms with E-state index in [2.05, 4.69) is 26.4 Å². The van der Waals surface area contributed by atoms with Crippen LogP contribution in [0, 0.1) is 0 Å². The van der Waals surface area contributed by atoms with Crippen molar-refractivity contribution in [2.45, 2.75) is 38.1 Å². The number of nitrogens with one attached hydrogen (secondary N) is 1. The molecule has 0 atom stereocenters. The summed E-state index contributed by atoms with van der Waals surface area (Å²) in [5, 5.41) is 6.52. The molecule has 0 unspecified atom stereocenters. The van der Waals surface area contributed by atoms with Crippen LogP contribution >= 0.6 is 15.9 Å². The molecule has 0 aliphatic heterocycles. The topological polar surface area (TPSA) is 50.7 Å². The summed E-state index contributed by atoms with van der Waals surface area (Å²) in [5.41, 5.74) is 0.883. The number of carbonyl (C=O) groups is 1. The van der Waals surface area contributed by atoms with Crippen LogP contribution in [0.3, 0.4) is 0 Å².